The van der Waals surface area contributed by atoms with Gasteiger partial charge < -0.3 is 9.64 Å². The average molecular weight is 243 g/mol. The van der Waals surface area contributed by atoms with Gasteiger partial charge >= 0.3 is 6.09 Å². The topological polar surface area (TPSA) is 29.5 Å². The number of nitrogens with zero attached hydrogens (tertiary/aromatic N) is 1. The molecule has 0 spiro atoms. The highest BCUT2D eigenvalue weighted by Gasteiger charge is 2.22. The highest BCUT2D eigenvalue weighted by atomic mass is 32.2. The Morgan fingerprint density at radius 3 is 2.31 bits per heavy atom. The molecule has 2 rings (SSSR count). The Kier molecular flexibility index (Phi) is 4.82. The minimum atomic E-state index is -0.0767. The van der Waals surface area contributed by atoms with Gasteiger partial charge in [-0.2, -0.15) is 11.8 Å². The van der Waals surface area contributed by atoms with E-state index in [0.717, 1.165) is 37.4 Å². The average Bonchev–Trinajstić information content (AvgIpc) is 2.59. The van der Waals surface area contributed by atoms with Gasteiger partial charge in [0.15, 0.2) is 0 Å². The van der Waals surface area contributed by atoms with Crippen LogP contribution in [0.1, 0.15) is 38.5 Å². The van der Waals surface area contributed by atoms with Gasteiger partial charge in [0.2, 0.25) is 0 Å². The molecule has 0 atom stereocenters. The standard InChI is InChI=1S/C12H21NO2S/c14-12(13-7-9-16-10-8-13)15-11-5-3-1-2-4-6-11/h11H,1-10H2. The molecule has 1 heterocycles. The highest BCUT2D eigenvalue weighted by Crippen LogP contribution is 2.21. The maximum absolute atomic E-state index is 11.9. The summed E-state index contributed by atoms with van der Waals surface area (Å²) >= 11 is 1.92. The minimum absolute atomic E-state index is 0.0767. The van der Waals surface area contributed by atoms with E-state index in [2.05, 4.69) is 0 Å². The summed E-state index contributed by atoms with van der Waals surface area (Å²) in [6, 6.07) is 0. The Bertz CT molecular complexity index is 221. The summed E-state index contributed by atoms with van der Waals surface area (Å²) in [5, 5.41) is 0. The van der Waals surface area contributed by atoms with Gasteiger partial charge in [-0.25, -0.2) is 4.79 Å². The Morgan fingerprint density at radius 2 is 1.69 bits per heavy atom. The van der Waals surface area contributed by atoms with Crippen molar-refractivity contribution in [2.24, 2.45) is 0 Å². The molecule has 2 fully saturated rings. The monoisotopic (exact) mass is 243 g/mol. The van der Waals surface area contributed by atoms with Crippen LogP contribution < -0.4 is 0 Å². The van der Waals surface area contributed by atoms with Gasteiger partial charge in [-0.15, -0.1) is 0 Å². The minimum Gasteiger partial charge on any atom is -0.446 e. The third kappa shape index (κ3) is 3.58. The van der Waals surface area contributed by atoms with Crippen LogP contribution in [0.15, 0.2) is 0 Å². The van der Waals surface area contributed by atoms with E-state index in [1.54, 1.807) is 0 Å². The van der Waals surface area contributed by atoms with Gasteiger partial charge in [0.05, 0.1) is 0 Å². The second-order valence-electron chi connectivity index (χ2n) is 4.60. The molecule has 1 amide bonds. The Hall–Kier alpha value is -0.380. The zero-order valence-corrected chi connectivity index (χ0v) is 10.6. The first-order chi connectivity index (χ1) is 7.86. The van der Waals surface area contributed by atoms with Crippen molar-refractivity contribution in [3.8, 4) is 0 Å². The number of hydrogen-bond donors (Lipinski definition) is 0. The van der Waals surface area contributed by atoms with Crippen LogP contribution in [0, 0.1) is 0 Å². The van der Waals surface area contributed by atoms with Crippen molar-refractivity contribution in [2.45, 2.75) is 44.6 Å². The number of thioether (sulfide) groups is 1. The SMILES string of the molecule is O=C(OC1CCCCCC1)N1CCSCC1. The number of hydrogen-bond acceptors (Lipinski definition) is 3. The first-order valence-electron chi connectivity index (χ1n) is 6.39. The van der Waals surface area contributed by atoms with Gasteiger partial charge in [-0.1, -0.05) is 12.8 Å². The fourth-order valence-electron chi connectivity index (χ4n) is 2.32. The zero-order valence-electron chi connectivity index (χ0n) is 9.82. The van der Waals surface area contributed by atoms with Gasteiger partial charge in [-0.3, -0.25) is 0 Å². The zero-order chi connectivity index (χ0) is 11.2. The van der Waals surface area contributed by atoms with Crippen LogP contribution in [0.25, 0.3) is 0 Å². The Morgan fingerprint density at radius 1 is 1.06 bits per heavy atom. The normalized spacial score (nSPS) is 23.9. The summed E-state index contributed by atoms with van der Waals surface area (Å²) in [7, 11) is 0. The number of carbonyl (C=O) groups is 1. The molecule has 1 saturated heterocycles. The van der Waals surface area contributed by atoms with Crippen molar-refractivity contribution in [2.75, 3.05) is 24.6 Å². The van der Waals surface area contributed by atoms with E-state index in [-0.39, 0.29) is 12.2 Å². The molecule has 0 aromatic rings. The lowest BCUT2D eigenvalue weighted by molar-refractivity contribution is 0.0584. The molecule has 0 radical (unpaired) electrons. The maximum atomic E-state index is 11.9. The van der Waals surface area contributed by atoms with Crippen molar-refractivity contribution >= 4 is 17.9 Å². The molecule has 16 heavy (non-hydrogen) atoms. The third-order valence-corrected chi connectivity index (χ3v) is 4.28. The number of rotatable bonds is 1. The fraction of sp³-hybridized carbons (Fsp3) is 0.917. The molecule has 0 unspecified atom stereocenters. The van der Waals surface area contributed by atoms with Crippen LogP contribution in [0.5, 0.6) is 0 Å². The lowest BCUT2D eigenvalue weighted by Crippen LogP contribution is -2.39. The lowest BCUT2D eigenvalue weighted by atomic mass is 10.2. The summed E-state index contributed by atoms with van der Waals surface area (Å²) in [5.74, 6) is 2.11. The van der Waals surface area contributed by atoms with E-state index in [9.17, 15) is 4.79 Å². The van der Waals surface area contributed by atoms with Crippen LogP contribution in [0.4, 0.5) is 4.79 Å². The Balaban J connectivity index is 1.76. The molecular weight excluding hydrogens is 222 g/mol. The summed E-state index contributed by atoms with van der Waals surface area (Å²) in [6.07, 6.45) is 7.27. The molecule has 1 saturated carbocycles. The van der Waals surface area contributed by atoms with Crippen molar-refractivity contribution < 1.29 is 9.53 Å². The predicted molar refractivity (Wildman–Crippen MR) is 66.9 cm³/mol. The molecule has 4 heteroatoms. The van der Waals surface area contributed by atoms with Gasteiger partial charge in [0.1, 0.15) is 6.10 Å². The first-order valence-corrected chi connectivity index (χ1v) is 7.55. The number of ether oxygens (including phenoxy) is 1. The molecule has 0 aromatic carbocycles. The van der Waals surface area contributed by atoms with E-state index >= 15 is 0 Å². The van der Waals surface area contributed by atoms with Crippen molar-refractivity contribution in [1.29, 1.82) is 0 Å². The van der Waals surface area contributed by atoms with Crippen LogP contribution in [0.2, 0.25) is 0 Å². The van der Waals surface area contributed by atoms with E-state index in [1.165, 1.54) is 25.7 Å². The molecule has 0 N–H and O–H groups in total. The molecular formula is C12H21NO2S. The molecule has 0 aromatic heterocycles. The quantitative estimate of drug-likeness (QED) is 0.663. The fourth-order valence-corrected chi connectivity index (χ4v) is 3.23. The third-order valence-electron chi connectivity index (χ3n) is 3.34. The predicted octanol–water partition coefficient (Wildman–Crippen LogP) is 2.89. The second kappa shape index (κ2) is 6.38. The summed E-state index contributed by atoms with van der Waals surface area (Å²) < 4.78 is 5.59. The van der Waals surface area contributed by atoms with E-state index in [0.29, 0.717) is 0 Å². The Labute approximate surface area is 102 Å². The van der Waals surface area contributed by atoms with Gasteiger partial charge in [0, 0.05) is 24.6 Å². The number of amides is 1. The van der Waals surface area contributed by atoms with E-state index in [1.807, 2.05) is 16.7 Å². The number of carbonyl (C=O) groups excluding carboxylic acids is 1. The van der Waals surface area contributed by atoms with E-state index < -0.39 is 0 Å². The summed E-state index contributed by atoms with van der Waals surface area (Å²) in [4.78, 5) is 13.7. The lowest BCUT2D eigenvalue weighted by Gasteiger charge is -2.27. The largest absolute Gasteiger partial charge is 0.446 e. The highest BCUT2D eigenvalue weighted by molar-refractivity contribution is 7.99. The van der Waals surface area contributed by atoms with Gasteiger partial charge in [0.25, 0.3) is 0 Å². The van der Waals surface area contributed by atoms with Crippen LogP contribution in [0.3, 0.4) is 0 Å². The molecule has 92 valence electrons. The molecule has 2 aliphatic rings. The van der Waals surface area contributed by atoms with Crippen molar-refractivity contribution in [3.05, 3.63) is 0 Å². The summed E-state index contributed by atoms with van der Waals surface area (Å²) in [5.41, 5.74) is 0. The van der Waals surface area contributed by atoms with Crippen LogP contribution in [-0.4, -0.2) is 41.7 Å². The van der Waals surface area contributed by atoms with Crippen molar-refractivity contribution in [3.63, 3.8) is 0 Å². The maximum Gasteiger partial charge on any atom is 0.410 e. The smallest absolute Gasteiger partial charge is 0.410 e. The molecule has 0 bridgehead atoms. The van der Waals surface area contributed by atoms with Crippen molar-refractivity contribution in [1.82, 2.24) is 4.90 Å². The molecule has 1 aliphatic heterocycles. The summed E-state index contributed by atoms with van der Waals surface area (Å²) in [6.45, 7) is 1.71. The first kappa shape index (κ1) is 12.1. The second-order valence-corrected chi connectivity index (χ2v) is 5.82. The molecule has 1 aliphatic carbocycles. The van der Waals surface area contributed by atoms with Crippen LogP contribution in [-0.2, 0) is 4.74 Å². The van der Waals surface area contributed by atoms with Crippen LogP contribution >= 0.6 is 11.8 Å². The molecule has 3 nitrogen and oxygen atoms in total. The van der Waals surface area contributed by atoms with Gasteiger partial charge in [-0.05, 0) is 25.7 Å². The van der Waals surface area contributed by atoms with E-state index in [4.69, 9.17) is 4.74 Å².